The third-order valence-corrected chi connectivity index (χ3v) is 2.95. The molecule has 92 valence electrons. The van der Waals surface area contributed by atoms with Crippen molar-refractivity contribution in [1.82, 2.24) is 10.2 Å². The van der Waals surface area contributed by atoms with Gasteiger partial charge in [0, 0.05) is 26.2 Å². The quantitative estimate of drug-likeness (QED) is 0.792. The minimum atomic E-state index is -0.534. The van der Waals surface area contributed by atoms with Gasteiger partial charge in [-0.3, -0.25) is 9.69 Å². The lowest BCUT2D eigenvalue weighted by Gasteiger charge is -2.33. The second-order valence-electron chi connectivity index (χ2n) is 4.15. The van der Waals surface area contributed by atoms with Crippen molar-refractivity contribution in [1.29, 1.82) is 0 Å². The smallest absolute Gasteiger partial charge is 0.239 e. The van der Waals surface area contributed by atoms with Crippen LogP contribution in [0.25, 0.3) is 0 Å². The first-order valence-corrected chi connectivity index (χ1v) is 5.68. The Morgan fingerprint density at radius 2 is 2.12 bits per heavy atom. The van der Waals surface area contributed by atoms with Crippen molar-refractivity contribution in [2.24, 2.45) is 5.73 Å². The number of nitrogens with one attached hydrogen (secondary N) is 1. The summed E-state index contributed by atoms with van der Waals surface area (Å²) in [5, 5.41) is 3.20. The standard InChI is InChI=1S/C12H16FN3O/c13-10-3-1-2-9(8-10)11(12(14)17)16-6-4-15-5-7-16/h1-3,8,11,15H,4-7H2,(H2,14,17). The van der Waals surface area contributed by atoms with Gasteiger partial charge in [-0.15, -0.1) is 0 Å². The summed E-state index contributed by atoms with van der Waals surface area (Å²) in [6, 6.07) is 5.54. The van der Waals surface area contributed by atoms with Gasteiger partial charge in [-0.2, -0.15) is 0 Å². The lowest BCUT2D eigenvalue weighted by atomic mass is 10.0. The van der Waals surface area contributed by atoms with E-state index < -0.39 is 11.9 Å². The normalized spacial score (nSPS) is 18.9. The number of halogens is 1. The van der Waals surface area contributed by atoms with E-state index in [2.05, 4.69) is 5.32 Å². The molecule has 5 heteroatoms. The van der Waals surface area contributed by atoms with E-state index in [1.165, 1.54) is 12.1 Å². The number of piperazine rings is 1. The SMILES string of the molecule is NC(=O)C(c1cccc(F)c1)N1CCNCC1. The van der Waals surface area contributed by atoms with E-state index in [0.717, 1.165) is 26.2 Å². The minimum Gasteiger partial charge on any atom is -0.368 e. The van der Waals surface area contributed by atoms with Crippen LogP contribution in [0.2, 0.25) is 0 Å². The molecule has 1 aliphatic heterocycles. The maximum atomic E-state index is 13.2. The zero-order valence-electron chi connectivity index (χ0n) is 9.53. The Morgan fingerprint density at radius 1 is 1.41 bits per heavy atom. The van der Waals surface area contributed by atoms with Gasteiger partial charge < -0.3 is 11.1 Å². The molecule has 1 aromatic carbocycles. The number of primary amides is 1. The number of carbonyl (C=O) groups excluding carboxylic acids is 1. The predicted molar refractivity (Wildman–Crippen MR) is 62.8 cm³/mol. The van der Waals surface area contributed by atoms with E-state index in [4.69, 9.17) is 5.73 Å². The Hall–Kier alpha value is -1.46. The minimum absolute atomic E-state index is 0.344. The number of benzene rings is 1. The van der Waals surface area contributed by atoms with Gasteiger partial charge in [-0.1, -0.05) is 12.1 Å². The first-order valence-electron chi connectivity index (χ1n) is 5.68. The third kappa shape index (κ3) is 2.81. The molecule has 1 aliphatic rings. The fourth-order valence-electron chi connectivity index (χ4n) is 2.17. The Bertz CT molecular complexity index is 404. The van der Waals surface area contributed by atoms with Crippen LogP contribution in [0.5, 0.6) is 0 Å². The van der Waals surface area contributed by atoms with Gasteiger partial charge in [-0.25, -0.2) is 4.39 Å². The van der Waals surface area contributed by atoms with Crippen molar-refractivity contribution in [2.45, 2.75) is 6.04 Å². The van der Waals surface area contributed by atoms with Crippen LogP contribution in [0.3, 0.4) is 0 Å². The fourth-order valence-corrected chi connectivity index (χ4v) is 2.17. The van der Waals surface area contributed by atoms with Crippen molar-refractivity contribution in [3.63, 3.8) is 0 Å². The van der Waals surface area contributed by atoms with Crippen LogP contribution in [0.4, 0.5) is 4.39 Å². The highest BCUT2D eigenvalue weighted by atomic mass is 19.1. The highest BCUT2D eigenvalue weighted by Crippen LogP contribution is 2.21. The van der Waals surface area contributed by atoms with Gasteiger partial charge in [0.05, 0.1) is 0 Å². The van der Waals surface area contributed by atoms with E-state index in [0.29, 0.717) is 5.56 Å². The molecule has 4 nitrogen and oxygen atoms in total. The van der Waals surface area contributed by atoms with Gasteiger partial charge in [0.2, 0.25) is 5.91 Å². The summed E-state index contributed by atoms with van der Waals surface area (Å²) in [7, 11) is 0. The molecule has 1 atom stereocenters. The van der Waals surface area contributed by atoms with E-state index >= 15 is 0 Å². The first-order chi connectivity index (χ1) is 8.18. The molecular weight excluding hydrogens is 221 g/mol. The molecule has 0 spiro atoms. The number of nitrogens with zero attached hydrogens (tertiary/aromatic N) is 1. The van der Waals surface area contributed by atoms with Crippen LogP contribution < -0.4 is 11.1 Å². The van der Waals surface area contributed by atoms with E-state index in [1.54, 1.807) is 12.1 Å². The molecule has 17 heavy (non-hydrogen) atoms. The summed E-state index contributed by atoms with van der Waals surface area (Å²) in [5.74, 6) is -0.776. The average molecular weight is 237 g/mol. The van der Waals surface area contributed by atoms with E-state index in [9.17, 15) is 9.18 Å². The van der Waals surface area contributed by atoms with E-state index in [-0.39, 0.29) is 5.82 Å². The number of hydrogen-bond acceptors (Lipinski definition) is 3. The molecule has 3 N–H and O–H groups in total. The number of nitrogens with two attached hydrogens (primary N) is 1. The van der Waals surface area contributed by atoms with Gasteiger partial charge in [-0.05, 0) is 17.7 Å². The number of amides is 1. The number of carbonyl (C=O) groups is 1. The summed E-state index contributed by atoms with van der Waals surface area (Å²) in [6.45, 7) is 3.12. The summed E-state index contributed by atoms with van der Waals surface area (Å²) in [5.41, 5.74) is 6.05. The Labute approximate surface area is 99.6 Å². The second kappa shape index (κ2) is 5.25. The van der Waals surface area contributed by atoms with Crippen LogP contribution in [-0.2, 0) is 4.79 Å². The molecule has 1 saturated heterocycles. The van der Waals surface area contributed by atoms with Crippen molar-refractivity contribution in [3.05, 3.63) is 35.6 Å². The molecule has 1 heterocycles. The number of hydrogen-bond donors (Lipinski definition) is 2. The van der Waals surface area contributed by atoms with Crippen LogP contribution in [0.1, 0.15) is 11.6 Å². The second-order valence-corrected chi connectivity index (χ2v) is 4.15. The molecular formula is C12H16FN3O. The van der Waals surface area contributed by atoms with Crippen LogP contribution in [0.15, 0.2) is 24.3 Å². The average Bonchev–Trinajstić information content (AvgIpc) is 2.30. The van der Waals surface area contributed by atoms with Gasteiger partial charge in [0.25, 0.3) is 0 Å². The molecule has 2 rings (SSSR count). The van der Waals surface area contributed by atoms with Crippen molar-refractivity contribution in [2.75, 3.05) is 26.2 Å². The lowest BCUT2D eigenvalue weighted by Crippen LogP contribution is -2.48. The van der Waals surface area contributed by atoms with Crippen LogP contribution in [0, 0.1) is 5.82 Å². The zero-order valence-corrected chi connectivity index (χ0v) is 9.53. The van der Waals surface area contributed by atoms with Crippen LogP contribution >= 0.6 is 0 Å². The Balaban J connectivity index is 2.25. The van der Waals surface area contributed by atoms with E-state index in [1.807, 2.05) is 4.90 Å². The first kappa shape index (κ1) is 12.0. The third-order valence-electron chi connectivity index (χ3n) is 2.95. The Morgan fingerprint density at radius 3 is 2.71 bits per heavy atom. The highest BCUT2D eigenvalue weighted by Gasteiger charge is 2.26. The van der Waals surface area contributed by atoms with Crippen molar-refractivity contribution >= 4 is 5.91 Å². The summed E-state index contributed by atoms with van der Waals surface area (Å²) < 4.78 is 13.2. The molecule has 1 aromatic rings. The highest BCUT2D eigenvalue weighted by molar-refractivity contribution is 5.81. The molecule has 0 aromatic heterocycles. The topological polar surface area (TPSA) is 58.4 Å². The molecule has 0 radical (unpaired) electrons. The lowest BCUT2D eigenvalue weighted by molar-refractivity contribution is -0.123. The summed E-state index contributed by atoms with van der Waals surface area (Å²) >= 11 is 0. The summed E-state index contributed by atoms with van der Waals surface area (Å²) in [6.07, 6.45) is 0. The maximum Gasteiger partial charge on any atom is 0.239 e. The molecule has 1 amide bonds. The predicted octanol–water partition coefficient (Wildman–Crippen LogP) is 0.257. The number of rotatable bonds is 3. The molecule has 0 aliphatic carbocycles. The molecule has 1 fully saturated rings. The maximum absolute atomic E-state index is 13.2. The fraction of sp³-hybridized carbons (Fsp3) is 0.417. The van der Waals surface area contributed by atoms with Gasteiger partial charge in [0.1, 0.15) is 11.9 Å². The van der Waals surface area contributed by atoms with Crippen molar-refractivity contribution in [3.8, 4) is 0 Å². The Kier molecular flexibility index (Phi) is 3.71. The monoisotopic (exact) mass is 237 g/mol. The molecule has 1 unspecified atom stereocenters. The zero-order chi connectivity index (χ0) is 12.3. The molecule has 0 saturated carbocycles. The van der Waals surface area contributed by atoms with Gasteiger partial charge in [0.15, 0.2) is 0 Å². The van der Waals surface area contributed by atoms with Gasteiger partial charge >= 0.3 is 0 Å². The largest absolute Gasteiger partial charge is 0.368 e. The summed E-state index contributed by atoms with van der Waals surface area (Å²) in [4.78, 5) is 13.5. The molecule has 0 bridgehead atoms. The van der Waals surface area contributed by atoms with Crippen LogP contribution in [-0.4, -0.2) is 37.0 Å². The van der Waals surface area contributed by atoms with Crippen molar-refractivity contribution < 1.29 is 9.18 Å².